The van der Waals surface area contributed by atoms with Crippen LogP contribution in [0.1, 0.15) is 24.6 Å². The molecule has 0 aliphatic rings. The first-order valence-corrected chi connectivity index (χ1v) is 9.27. The summed E-state index contributed by atoms with van der Waals surface area (Å²) in [6.07, 6.45) is 3.14. The molecule has 1 N–H and O–H groups in total. The van der Waals surface area contributed by atoms with E-state index in [1.807, 2.05) is 7.05 Å². The molecule has 0 radical (unpaired) electrons. The molecular weight excluding hydrogens is 322 g/mol. The second-order valence-corrected chi connectivity index (χ2v) is 6.98. The Balaban J connectivity index is 1.76. The maximum Gasteiger partial charge on any atom is 0.193 e. The smallest absolute Gasteiger partial charge is 0.193 e. The van der Waals surface area contributed by atoms with E-state index in [9.17, 15) is 0 Å². The van der Waals surface area contributed by atoms with Crippen molar-refractivity contribution in [1.82, 2.24) is 19.7 Å². The Kier molecular flexibility index (Phi) is 7.73. The Bertz CT molecular complexity index is 677. The molecule has 142 valence electrons. The number of benzene rings is 1. The third kappa shape index (κ3) is 5.92. The van der Waals surface area contributed by atoms with Crippen molar-refractivity contribution in [3.63, 3.8) is 0 Å². The van der Waals surface area contributed by atoms with Gasteiger partial charge in [-0.1, -0.05) is 30.3 Å². The van der Waals surface area contributed by atoms with Crippen LogP contribution >= 0.6 is 0 Å². The van der Waals surface area contributed by atoms with Gasteiger partial charge in [0.1, 0.15) is 0 Å². The van der Waals surface area contributed by atoms with Gasteiger partial charge in [-0.3, -0.25) is 9.89 Å². The molecule has 0 spiro atoms. The minimum Gasteiger partial charge on any atom is -0.356 e. The van der Waals surface area contributed by atoms with Gasteiger partial charge < -0.3 is 14.8 Å². The molecule has 2 rings (SSSR count). The van der Waals surface area contributed by atoms with E-state index < -0.39 is 0 Å². The van der Waals surface area contributed by atoms with E-state index in [4.69, 9.17) is 0 Å². The molecule has 1 atom stereocenters. The fraction of sp³-hybridized carbons (Fsp3) is 0.476. The number of nitrogens with zero attached hydrogens (tertiary/aromatic N) is 4. The lowest BCUT2D eigenvalue weighted by Gasteiger charge is -2.26. The van der Waals surface area contributed by atoms with Gasteiger partial charge in [-0.2, -0.15) is 0 Å². The van der Waals surface area contributed by atoms with Crippen LogP contribution in [-0.2, 0) is 20.1 Å². The molecule has 1 aromatic carbocycles. The van der Waals surface area contributed by atoms with Crippen LogP contribution < -0.4 is 5.32 Å². The number of aliphatic imine (C=N–C) groups is 1. The molecule has 1 aromatic heterocycles. The lowest BCUT2D eigenvalue weighted by Crippen LogP contribution is -2.41. The van der Waals surface area contributed by atoms with E-state index in [1.54, 1.807) is 0 Å². The normalized spacial score (nSPS) is 13.1. The third-order valence-electron chi connectivity index (χ3n) is 4.90. The summed E-state index contributed by atoms with van der Waals surface area (Å²) in [6.45, 7) is 5.00. The van der Waals surface area contributed by atoms with E-state index >= 15 is 0 Å². The maximum atomic E-state index is 4.42. The molecule has 1 heterocycles. The van der Waals surface area contributed by atoms with E-state index in [2.05, 4.69) is 101 Å². The zero-order chi connectivity index (χ0) is 18.9. The number of nitrogens with one attached hydrogen (secondary N) is 1. The maximum absolute atomic E-state index is 4.42. The monoisotopic (exact) mass is 355 g/mol. The van der Waals surface area contributed by atoms with Crippen molar-refractivity contribution in [2.45, 2.75) is 32.5 Å². The lowest BCUT2D eigenvalue weighted by molar-refractivity contribution is 0.238. The number of rotatable bonds is 8. The molecule has 5 heteroatoms. The van der Waals surface area contributed by atoms with Crippen molar-refractivity contribution >= 4 is 5.96 Å². The van der Waals surface area contributed by atoms with Gasteiger partial charge in [0.25, 0.3) is 0 Å². The van der Waals surface area contributed by atoms with E-state index in [0.717, 1.165) is 32.0 Å². The quantitative estimate of drug-likeness (QED) is 0.584. The Morgan fingerprint density at radius 2 is 1.85 bits per heavy atom. The van der Waals surface area contributed by atoms with E-state index in [0.29, 0.717) is 6.04 Å². The second-order valence-electron chi connectivity index (χ2n) is 6.98. The van der Waals surface area contributed by atoms with Crippen molar-refractivity contribution in [3.8, 4) is 0 Å². The Morgan fingerprint density at radius 1 is 1.12 bits per heavy atom. The third-order valence-corrected chi connectivity index (χ3v) is 4.90. The number of guanidine groups is 1. The van der Waals surface area contributed by atoms with Gasteiger partial charge in [0.15, 0.2) is 5.96 Å². The Hall–Kier alpha value is -2.27. The van der Waals surface area contributed by atoms with Crippen molar-refractivity contribution < 1.29 is 0 Å². The summed E-state index contributed by atoms with van der Waals surface area (Å²) in [5, 5.41) is 3.49. The molecule has 1 unspecified atom stereocenters. The van der Waals surface area contributed by atoms with Crippen LogP contribution in [0.25, 0.3) is 0 Å². The van der Waals surface area contributed by atoms with Crippen LogP contribution in [0.3, 0.4) is 0 Å². The standard InChI is InChI=1S/C21H33N5/c1-18(25(4)16-19-10-7-6-8-11-19)13-14-23-21(22-2)26(5)17-20-12-9-15-24(20)3/h6-12,15,18H,13-14,16-17H2,1-5H3,(H,22,23). The van der Waals surface area contributed by atoms with E-state index in [-0.39, 0.29) is 0 Å². The second kappa shape index (κ2) is 10.0. The van der Waals surface area contributed by atoms with Gasteiger partial charge in [0.2, 0.25) is 0 Å². The van der Waals surface area contributed by atoms with Crippen LogP contribution in [0.15, 0.2) is 53.7 Å². The van der Waals surface area contributed by atoms with Gasteiger partial charge in [-0.05, 0) is 38.1 Å². The van der Waals surface area contributed by atoms with Crippen molar-refractivity contribution in [1.29, 1.82) is 0 Å². The average molecular weight is 356 g/mol. The van der Waals surface area contributed by atoms with Crippen LogP contribution in [0.4, 0.5) is 0 Å². The van der Waals surface area contributed by atoms with Crippen LogP contribution in [-0.4, -0.2) is 54.1 Å². The first-order chi connectivity index (χ1) is 12.5. The van der Waals surface area contributed by atoms with E-state index in [1.165, 1.54) is 11.3 Å². The van der Waals surface area contributed by atoms with Crippen molar-refractivity contribution in [2.75, 3.05) is 27.7 Å². The number of hydrogen-bond donors (Lipinski definition) is 1. The molecule has 0 aliphatic heterocycles. The fourth-order valence-electron chi connectivity index (χ4n) is 3.00. The molecule has 2 aromatic rings. The van der Waals surface area contributed by atoms with Crippen molar-refractivity contribution in [2.24, 2.45) is 12.0 Å². The number of aromatic nitrogens is 1. The molecule has 26 heavy (non-hydrogen) atoms. The highest BCUT2D eigenvalue weighted by molar-refractivity contribution is 5.79. The largest absolute Gasteiger partial charge is 0.356 e. The summed E-state index contributed by atoms with van der Waals surface area (Å²) in [6, 6.07) is 15.3. The molecule has 0 saturated carbocycles. The van der Waals surface area contributed by atoms with Crippen LogP contribution in [0, 0.1) is 0 Å². The Labute approximate surface area is 158 Å². The highest BCUT2D eigenvalue weighted by Gasteiger charge is 2.12. The predicted octanol–water partition coefficient (Wildman–Crippen LogP) is 2.94. The van der Waals surface area contributed by atoms with Gasteiger partial charge >= 0.3 is 0 Å². The van der Waals surface area contributed by atoms with Gasteiger partial charge in [-0.15, -0.1) is 0 Å². The summed E-state index contributed by atoms with van der Waals surface area (Å²) in [7, 11) is 8.18. The first kappa shape index (κ1) is 20.0. The van der Waals surface area contributed by atoms with Gasteiger partial charge in [0.05, 0.1) is 6.54 Å². The summed E-state index contributed by atoms with van der Waals surface area (Å²) in [5.41, 5.74) is 2.62. The molecule has 0 saturated heterocycles. The molecular formula is C21H33N5. The fourth-order valence-corrected chi connectivity index (χ4v) is 3.00. The lowest BCUT2D eigenvalue weighted by atomic mass is 10.1. The minimum atomic E-state index is 0.499. The number of hydrogen-bond acceptors (Lipinski definition) is 2. The summed E-state index contributed by atoms with van der Waals surface area (Å²) >= 11 is 0. The highest BCUT2D eigenvalue weighted by atomic mass is 15.3. The molecule has 0 aliphatic carbocycles. The molecule has 0 amide bonds. The van der Waals surface area contributed by atoms with Gasteiger partial charge in [0, 0.05) is 52.2 Å². The summed E-state index contributed by atoms with van der Waals surface area (Å²) in [4.78, 5) is 8.97. The average Bonchev–Trinajstić information content (AvgIpc) is 3.04. The zero-order valence-electron chi connectivity index (χ0n) is 16.8. The SMILES string of the molecule is CN=C(NCCC(C)N(C)Cc1ccccc1)N(C)Cc1cccn1C. The molecule has 0 fully saturated rings. The minimum absolute atomic E-state index is 0.499. The Morgan fingerprint density at radius 3 is 2.46 bits per heavy atom. The topological polar surface area (TPSA) is 35.8 Å². The number of aryl methyl sites for hydroxylation is 1. The predicted molar refractivity (Wildman–Crippen MR) is 110 cm³/mol. The van der Waals surface area contributed by atoms with Crippen LogP contribution in [0.5, 0.6) is 0 Å². The van der Waals surface area contributed by atoms with Crippen LogP contribution in [0.2, 0.25) is 0 Å². The highest BCUT2D eigenvalue weighted by Crippen LogP contribution is 2.08. The van der Waals surface area contributed by atoms with Gasteiger partial charge in [-0.25, -0.2) is 0 Å². The summed E-state index contributed by atoms with van der Waals surface area (Å²) < 4.78 is 2.14. The zero-order valence-corrected chi connectivity index (χ0v) is 16.8. The first-order valence-electron chi connectivity index (χ1n) is 9.27. The molecule has 5 nitrogen and oxygen atoms in total. The van der Waals surface area contributed by atoms with Crippen molar-refractivity contribution in [3.05, 3.63) is 59.9 Å². The summed E-state index contributed by atoms with van der Waals surface area (Å²) in [5.74, 6) is 0.934. The molecule has 0 bridgehead atoms.